The largest absolute Gasteiger partial charge is 2.00 e. The summed E-state index contributed by atoms with van der Waals surface area (Å²) in [5.41, 5.74) is 0. The maximum Gasteiger partial charge on any atom is 2.00 e. The Kier molecular flexibility index (Phi) is 240. The number of nitrogens with two attached hydrogens (primary N) is 2. The molecule has 0 amide bonds. The van der Waals surface area contributed by atoms with Crippen LogP contribution in [0.2, 0.25) is 0 Å². The van der Waals surface area contributed by atoms with Gasteiger partial charge in [0.25, 0.3) is 0 Å². The minimum Gasteiger partial charge on any atom is -0.693 e. The molecule has 0 atom stereocenters. The summed E-state index contributed by atoms with van der Waals surface area (Å²) in [4.78, 5) is 24.2. The van der Waals surface area contributed by atoms with Crippen LogP contribution in [0.15, 0.2) is 10.7 Å². The van der Waals surface area contributed by atoms with Gasteiger partial charge in [-0.2, -0.15) is 0 Å². The first kappa shape index (κ1) is 41.5. The molecular formula is H4N5O7Pt-3. The minimum atomic E-state index is -1.75. The van der Waals surface area contributed by atoms with E-state index in [0.29, 0.717) is 0 Å². The van der Waals surface area contributed by atoms with Crippen molar-refractivity contribution in [1.82, 2.24) is 0 Å². The van der Waals surface area contributed by atoms with Crippen molar-refractivity contribution in [2.75, 3.05) is 0 Å². The van der Waals surface area contributed by atoms with E-state index in [-0.39, 0.29) is 33.4 Å². The van der Waals surface area contributed by atoms with Gasteiger partial charge in [-0.3, -0.25) is 0 Å². The molecule has 0 spiro atoms. The molecule has 0 rings (SSSR count). The predicted octanol–water partition coefficient (Wildman–Crippen LogP) is 1.69. The van der Waals surface area contributed by atoms with E-state index in [9.17, 15) is 0 Å². The second kappa shape index (κ2) is 75.2. The van der Waals surface area contributed by atoms with Gasteiger partial charge < -0.3 is 47.9 Å². The topological polar surface area (TPSA) is 238 Å². The van der Waals surface area contributed by atoms with Crippen LogP contribution in [0.1, 0.15) is 0 Å². The van der Waals surface area contributed by atoms with E-state index in [1.807, 2.05) is 0 Å². The Hall–Kier alpha value is -1.39. The number of rotatable bonds is 0. The molecule has 0 radical (unpaired) electrons. The van der Waals surface area contributed by atoms with Crippen LogP contribution in [-0.2, 0) is 21.1 Å². The summed E-state index contributed by atoms with van der Waals surface area (Å²) >= 11 is 0. The van der Waals surface area contributed by atoms with Crippen LogP contribution in [0, 0.1) is 35.6 Å². The summed E-state index contributed by atoms with van der Waals surface area (Å²) in [5.74, 6) is 0. The fourth-order valence-electron chi connectivity index (χ4n) is 0. The molecule has 84 valence electrons. The molecule has 0 aliphatic rings. The third kappa shape index (κ3) is 406. The Balaban J connectivity index is -0.0000000128. The van der Waals surface area contributed by atoms with Crippen LogP contribution < -0.4 is 0 Å². The molecule has 4 N–H and O–H groups in total. The molecule has 0 fully saturated rings. The first-order valence-corrected chi connectivity index (χ1v) is 1.28. The zero-order chi connectivity index (χ0) is 8.99. The average Bonchev–Trinajstić information content (AvgIpc) is 1.65. The van der Waals surface area contributed by atoms with Crippen molar-refractivity contribution in [2.24, 2.45) is 10.7 Å². The SMILES string of the molecule is O=N[O-].O=N[O-].O=[N+]([O-])[O-].[NH2-].[NH2-].[Pt+2]. The third-order valence-corrected chi connectivity index (χ3v) is 0. The van der Waals surface area contributed by atoms with Gasteiger partial charge >= 0.3 is 21.1 Å². The quantitative estimate of drug-likeness (QED) is 0.341. The van der Waals surface area contributed by atoms with E-state index in [1.54, 1.807) is 0 Å². The van der Waals surface area contributed by atoms with Crippen molar-refractivity contribution < 1.29 is 26.2 Å². The molecule has 0 bridgehead atoms. The van der Waals surface area contributed by atoms with Crippen LogP contribution in [0.25, 0.3) is 12.3 Å². The zero-order valence-electron chi connectivity index (χ0n) is 5.67. The Morgan fingerprint density at radius 2 is 0.923 bits per heavy atom. The summed E-state index contributed by atoms with van der Waals surface area (Å²) in [6, 6.07) is 0. The first-order chi connectivity index (χ1) is 4.56. The molecule has 0 heterocycles. The van der Waals surface area contributed by atoms with Gasteiger partial charge in [0.2, 0.25) is 0 Å². The number of nitrogens with zero attached hydrogens (tertiary/aromatic N) is 3. The molecule has 0 saturated carbocycles. The van der Waals surface area contributed by atoms with Crippen molar-refractivity contribution in [2.45, 2.75) is 0 Å². The molecule has 0 aromatic heterocycles. The van der Waals surface area contributed by atoms with Crippen LogP contribution in [0.3, 0.4) is 0 Å². The van der Waals surface area contributed by atoms with E-state index in [4.69, 9.17) is 35.6 Å². The number of hydrogen-bond donors (Lipinski definition) is 0. The molecule has 0 aliphatic carbocycles. The Labute approximate surface area is 85.3 Å². The third-order valence-electron chi connectivity index (χ3n) is 0. The van der Waals surface area contributed by atoms with Gasteiger partial charge in [0.15, 0.2) is 0 Å². The minimum absolute atomic E-state index is 0. The fraction of sp³-hybridized carbons (Fsp3) is 0. The Morgan fingerprint density at radius 1 is 0.923 bits per heavy atom. The van der Waals surface area contributed by atoms with Gasteiger partial charge in [0.05, 0.1) is 5.09 Å². The van der Waals surface area contributed by atoms with Crippen LogP contribution in [0.5, 0.6) is 0 Å². The monoisotopic (exact) mass is 381 g/mol. The second-order valence-corrected chi connectivity index (χ2v) is 0.373. The van der Waals surface area contributed by atoms with E-state index in [0.717, 1.165) is 10.7 Å². The normalized spacial score (nSPS) is 3.69. The summed E-state index contributed by atoms with van der Waals surface area (Å²) < 4.78 is 0. The Morgan fingerprint density at radius 3 is 0.923 bits per heavy atom. The molecular weight excluding hydrogens is 377 g/mol. The molecule has 0 aliphatic heterocycles. The van der Waals surface area contributed by atoms with E-state index < -0.39 is 5.09 Å². The van der Waals surface area contributed by atoms with Gasteiger partial charge in [-0.1, -0.05) is 0 Å². The average molecular weight is 381 g/mol. The molecule has 0 saturated heterocycles. The van der Waals surface area contributed by atoms with Crippen molar-refractivity contribution in [1.29, 1.82) is 0 Å². The van der Waals surface area contributed by atoms with Gasteiger partial charge in [-0.15, -0.1) is 10.7 Å². The van der Waals surface area contributed by atoms with Crippen molar-refractivity contribution in [3.8, 4) is 0 Å². The van der Waals surface area contributed by atoms with Crippen LogP contribution in [-0.4, -0.2) is 5.09 Å². The maximum absolute atomic E-state index is 8.25. The van der Waals surface area contributed by atoms with E-state index in [1.165, 1.54) is 0 Å². The van der Waals surface area contributed by atoms with Crippen molar-refractivity contribution >= 4 is 0 Å². The predicted molar refractivity (Wildman–Crippen MR) is 39.3 cm³/mol. The summed E-state index contributed by atoms with van der Waals surface area (Å²) in [6.45, 7) is 0. The molecule has 13 heavy (non-hydrogen) atoms. The van der Waals surface area contributed by atoms with Gasteiger partial charge in [-0.05, 0) is 0 Å². The maximum atomic E-state index is 8.25. The molecule has 0 aromatic carbocycles. The Bertz CT molecular complexity index is 84.9. The van der Waals surface area contributed by atoms with Crippen LogP contribution >= 0.6 is 0 Å². The summed E-state index contributed by atoms with van der Waals surface area (Å²) in [6.07, 6.45) is 0. The second-order valence-electron chi connectivity index (χ2n) is 0.373. The smallest absolute Gasteiger partial charge is 0.693 e. The summed E-state index contributed by atoms with van der Waals surface area (Å²) in [7, 11) is 0. The molecule has 13 heteroatoms. The molecule has 0 aromatic rings. The van der Waals surface area contributed by atoms with Crippen LogP contribution in [0.4, 0.5) is 0 Å². The number of hydrogen-bond acceptors (Lipinski definition) is 9. The van der Waals surface area contributed by atoms with E-state index in [2.05, 4.69) is 0 Å². The molecule has 0 unspecified atom stereocenters. The van der Waals surface area contributed by atoms with Gasteiger partial charge in [0.1, 0.15) is 0 Å². The van der Waals surface area contributed by atoms with Gasteiger partial charge in [-0.25, -0.2) is 0 Å². The first-order valence-electron chi connectivity index (χ1n) is 1.28. The fourth-order valence-corrected chi connectivity index (χ4v) is 0. The van der Waals surface area contributed by atoms with E-state index >= 15 is 0 Å². The van der Waals surface area contributed by atoms with Gasteiger partial charge in [0, 0.05) is 0 Å². The standard InChI is InChI=1S/NO3.2HNO2.2H2N.Pt/c2-1(3)4;2*2-1-3;;;/h;2*(H,2,3);2*1H2;/q-1;;;2*-1;+2/p-2. The molecule has 12 nitrogen and oxygen atoms in total. The summed E-state index contributed by atoms with van der Waals surface area (Å²) in [5, 5.41) is 32.8. The van der Waals surface area contributed by atoms with Crippen molar-refractivity contribution in [3.63, 3.8) is 0 Å². The zero-order valence-corrected chi connectivity index (χ0v) is 7.94. The van der Waals surface area contributed by atoms with Crippen molar-refractivity contribution in [3.05, 3.63) is 47.9 Å².